The van der Waals surface area contributed by atoms with Crippen molar-refractivity contribution in [3.05, 3.63) is 42.0 Å². The van der Waals surface area contributed by atoms with Crippen LogP contribution in [0.3, 0.4) is 0 Å². The van der Waals surface area contributed by atoms with Gasteiger partial charge in [-0.1, -0.05) is 56.7 Å². The van der Waals surface area contributed by atoms with Crippen molar-refractivity contribution in [3.8, 4) is 0 Å². The summed E-state index contributed by atoms with van der Waals surface area (Å²) in [5.41, 5.74) is 2.58. The van der Waals surface area contributed by atoms with E-state index in [0.29, 0.717) is 6.04 Å². The summed E-state index contributed by atoms with van der Waals surface area (Å²) >= 11 is 0. The zero-order valence-corrected chi connectivity index (χ0v) is 10.5. The summed E-state index contributed by atoms with van der Waals surface area (Å²) in [4.78, 5) is 0. The second-order valence-corrected chi connectivity index (χ2v) is 4.22. The molecule has 1 N–H and O–H groups in total. The molecule has 0 saturated heterocycles. The minimum Gasteiger partial charge on any atom is -0.310 e. The summed E-state index contributed by atoms with van der Waals surface area (Å²) in [6, 6.07) is 8.85. The van der Waals surface area contributed by atoms with Crippen LogP contribution in [-0.2, 0) is 0 Å². The maximum atomic E-state index is 3.86. The standard InChI is InChI=1S/C15H23N/c1-4-6-9-12-16-13(3)15-11-8-7-10-14(15)5-2/h5,7-8,10-11,13,16H,2,4,6,9,12H2,1,3H3. The minimum atomic E-state index is 0.408. The van der Waals surface area contributed by atoms with Crippen LogP contribution in [-0.4, -0.2) is 6.54 Å². The molecule has 1 aromatic rings. The molecule has 0 bridgehead atoms. The van der Waals surface area contributed by atoms with E-state index in [0.717, 1.165) is 6.54 Å². The Bertz CT molecular complexity index is 317. The third-order valence-corrected chi connectivity index (χ3v) is 2.91. The number of hydrogen-bond acceptors (Lipinski definition) is 1. The Labute approximate surface area is 99.6 Å². The lowest BCUT2D eigenvalue weighted by atomic mass is 10.0. The minimum absolute atomic E-state index is 0.408. The molecule has 0 heterocycles. The second kappa shape index (κ2) is 7.24. The summed E-state index contributed by atoms with van der Waals surface area (Å²) in [6.07, 6.45) is 5.78. The van der Waals surface area contributed by atoms with Crippen molar-refractivity contribution < 1.29 is 0 Å². The molecule has 0 aliphatic carbocycles. The summed E-state index contributed by atoms with van der Waals surface area (Å²) in [6.45, 7) is 9.40. The first-order valence-corrected chi connectivity index (χ1v) is 6.24. The lowest BCUT2D eigenvalue weighted by molar-refractivity contribution is 0.543. The highest BCUT2D eigenvalue weighted by molar-refractivity contribution is 5.52. The monoisotopic (exact) mass is 217 g/mol. The van der Waals surface area contributed by atoms with Crippen LogP contribution in [0.5, 0.6) is 0 Å². The Kier molecular flexibility index (Phi) is 5.87. The van der Waals surface area contributed by atoms with Crippen molar-refractivity contribution in [2.75, 3.05) is 6.54 Å². The van der Waals surface area contributed by atoms with E-state index in [1.54, 1.807) is 0 Å². The number of benzene rings is 1. The summed E-state index contributed by atoms with van der Waals surface area (Å²) in [7, 11) is 0. The Morgan fingerprint density at radius 1 is 1.31 bits per heavy atom. The Morgan fingerprint density at radius 3 is 2.75 bits per heavy atom. The molecule has 1 atom stereocenters. The molecule has 88 valence electrons. The highest BCUT2D eigenvalue weighted by atomic mass is 14.9. The van der Waals surface area contributed by atoms with E-state index in [9.17, 15) is 0 Å². The molecule has 16 heavy (non-hydrogen) atoms. The van der Waals surface area contributed by atoms with Gasteiger partial charge in [-0.3, -0.25) is 0 Å². The van der Waals surface area contributed by atoms with E-state index in [1.165, 1.54) is 30.4 Å². The van der Waals surface area contributed by atoms with Crippen LogP contribution in [0, 0.1) is 0 Å². The fourth-order valence-electron chi connectivity index (χ4n) is 1.89. The number of hydrogen-bond donors (Lipinski definition) is 1. The van der Waals surface area contributed by atoms with Crippen molar-refractivity contribution in [1.29, 1.82) is 0 Å². The first kappa shape index (κ1) is 13.0. The van der Waals surface area contributed by atoms with Gasteiger partial charge < -0.3 is 5.32 Å². The van der Waals surface area contributed by atoms with Crippen LogP contribution >= 0.6 is 0 Å². The lowest BCUT2D eigenvalue weighted by Gasteiger charge is -2.16. The molecular formula is C15H23N. The smallest absolute Gasteiger partial charge is 0.0297 e. The van der Waals surface area contributed by atoms with Gasteiger partial charge in [-0.05, 0) is 31.0 Å². The maximum Gasteiger partial charge on any atom is 0.0297 e. The van der Waals surface area contributed by atoms with E-state index >= 15 is 0 Å². The van der Waals surface area contributed by atoms with E-state index in [-0.39, 0.29) is 0 Å². The molecule has 1 nitrogen and oxygen atoms in total. The van der Waals surface area contributed by atoms with Gasteiger partial charge in [-0.2, -0.15) is 0 Å². The van der Waals surface area contributed by atoms with Crippen molar-refractivity contribution in [2.45, 2.75) is 39.2 Å². The van der Waals surface area contributed by atoms with Gasteiger partial charge in [0.2, 0.25) is 0 Å². The quantitative estimate of drug-likeness (QED) is 0.676. The number of rotatable bonds is 7. The number of unbranched alkanes of at least 4 members (excludes halogenated alkanes) is 2. The molecule has 1 aromatic carbocycles. The molecule has 0 aromatic heterocycles. The van der Waals surface area contributed by atoms with Crippen molar-refractivity contribution >= 4 is 6.08 Å². The first-order chi connectivity index (χ1) is 7.79. The molecule has 0 amide bonds. The predicted molar refractivity (Wildman–Crippen MR) is 72.5 cm³/mol. The van der Waals surface area contributed by atoms with Gasteiger partial charge in [0.05, 0.1) is 0 Å². The lowest BCUT2D eigenvalue weighted by Crippen LogP contribution is -2.20. The van der Waals surface area contributed by atoms with Crippen LogP contribution in [0.4, 0.5) is 0 Å². The SMILES string of the molecule is C=Cc1ccccc1C(C)NCCCCC. The molecule has 0 spiro atoms. The van der Waals surface area contributed by atoms with E-state index in [1.807, 2.05) is 6.08 Å². The molecule has 0 aliphatic rings. The van der Waals surface area contributed by atoms with Gasteiger partial charge in [-0.15, -0.1) is 0 Å². The molecular weight excluding hydrogens is 194 g/mol. The Hall–Kier alpha value is -1.08. The van der Waals surface area contributed by atoms with Gasteiger partial charge in [-0.25, -0.2) is 0 Å². The van der Waals surface area contributed by atoms with Gasteiger partial charge in [0.15, 0.2) is 0 Å². The van der Waals surface area contributed by atoms with E-state index in [4.69, 9.17) is 0 Å². The zero-order valence-electron chi connectivity index (χ0n) is 10.5. The predicted octanol–water partition coefficient (Wildman–Crippen LogP) is 4.17. The van der Waals surface area contributed by atoms with Gasteiger partial charge in [0, 0.05) is 6.04 Å². The Morgan fingerprint density at radius 2 is 2.06 bits per heavy atom. The molecule has 0 fully saturated rings. The third kappa shape index (κ3) is 3.82. The maximum absolute atomic E-state index is 3.86. The van der Waals surface area contributed by atoms with E-state index in [2.05, 4.69) is 50.0 Å². The highest BCUT2D eigenvalue weighted by Gasteiger charge is 2.06. The van der Waals surface area contributed by atoms with Crippen LogP contribution in [0.1, 0.15) is 50.3 Å². The zero-order chi connectivity index (χ0) is 11.8. The van der Waals surface area contributed by atoms with Crippen LogP contribution in [0.15, 0.2) is 30.8 Å². The average Bonchev–Trinajstić information content (AvgIpc) is 2.34. The number of nitrogens with one attached hydrogen (secondary N) is 1. The third-order valence-electron chi connectivity index (χ3n) is 2.91. The molecule has 1 heteroatoms. The molecule has 0 saturated carbocycles. The largest absolute Gasteiger partial charge is 0.310 e. The average molecular weight is 217 g/mol. The van der Waals surface area contributed by atoms with Crippen molar-refractivity contribution in [3.63, 3.8) is 0 Å². The fraction of sp³-hybridized carbons (Fsp3) is 0.467. The Balaban J connectivity index is 2.51. The highest BCUT2D eigenvalue weighted by Crippen LogP contribution is 2.18. The second-order valence-electron chi connectivity index (χ2n) is 4.22. The molecule has 1 rings (SSSR count). The molecule has 1 unspecified atom stereocenters. The fourth-order valence-corrected chi connectivity index (χ4v) is 1.89. The molecule has 0 aliphatic heterocycles. The first-order valence-electron chi connectivity index (χ1n) is 6.24. The van der Waals surface area contributed by atoms with Crippen molar-refractivity contribution in [1.82, 2.24) is 5.32 Å². The van der Waals surface area contributed by atoms with Gasteiger partial charge in [0.25, 0.3) is 0 Å². The topological polar surface area (TPSA) is 12.0 Å². The van der Waals surface area contributed by atoms with Crippen molar-refractivity contribution in [2.24, 2.45) is 0 Å². The van der Waals surface area contributed by atoms with Gasteiger partial charge >= 0.3 is 0 Å². The normalized spacial score (nSPS) is 12.4. The van der Waals surface area contributed by atoms with Gasteiger partial charge in [0.1, 0.15) is 0 Å². The summed E-state index contributed by atoms with van der Waals surface area (Å²) in [5, 5.41) is 3.56. The summed E-state index contributed by atoms with van der Waals surface area (Å²) in [5.74, 6) is 0. The molecule has 0 radical (unpaired) electrons. The van der Waals surface area contributed by atoms with Crippen LogP contribution in [0.25, 0.3) is 6.08 Å². The summed E-state index contributed by atoms with van der Waals surface area (Å²) < 4.78 is 0. The van der Waals surface area contributed by atoms with E-state index < -0.39 is 0 Å². The van der Waals surface area contributed by atoms with Crippen LogP contribution < -0.4 is 5.32 Å². The van der Waals surface area contributed by atoms with Crippen LogP contribution in [0.2, 0.25) is 0 Å².